The zero-order valence-electron chi connectivity index (χ0n) is 9.58. The number of hydrogen-bond donors (Lipinski definition) is 1. The third-order valence-corrected chi connectivity index (χ3v) is 2.93. The van der Waals surface area contributed by atoms with Crippen molar-refractivity contribution in [3.05, 3.63) is 29.3 Å². The van der Waals surface area contributed by atoms with Crippen LogP contribution in [0.4, 0.5) is 0 Å². The Labute approximate surface area is 90.9 Å². The van der Waals surface area contributed by atoms with E-state index in [0.29, 0.717) is 0 Å². The second-order valence-corrected chi connectivity index (χ2v) is 4.96. The van der Waals surface area contributed by atoms with Crippen LogP contribution in [0.15, 0.2) is 18.2 Å². The van der Waals surface area contributed by atoms with E-state index in [1.54, 1.807) is 0 Å². The third-order valence-electron chi connectivity index (χ3n) is 2.93. The van der Waals surface area contributed by atoms with Gasteiger partial charge in [-0.25, -0.2) is 0 Å². The summed E-state index contributed by atoms with van der Waals surface area (Å²) in [4.78, 5) is 0. The molecule has 1 aromatic rings. The van der Waals surface area contributed by atoms with Crippen molar-refractivity contribution in [1.82, 2.24) is 0 Å². The second-order valence-electron chi connectivity index (χ2n) is 4.96. The summed E-state index contributed by atoms with van der Waals surface area (Å²) in [6.45, 7) is 6.38. The number of aliphatic hydroxyl groups excluding tert-OH is 1. The molecular weight excluding hydrogens is 188 g/mol. The lowest BCUT2D eigenvalue weighted by atomic mass is 9.96. The van der Waals surface area contributed by atoms with Gasteiger partial charge in [-0.2, -0.15) is 0 Å². The van der Waals surface area contributed by atoms with Gasteiger partial charge in [-0.1, -0.05) is 25.1 Å². The quantitative estimate of drug-likeness (QED) is 0.805. The zero-order valence-corrected chi connectivity index (χ0v) is 9.58. The van der Waals surface area contributed by atoms with Crippen LogP contribution in [-0.2, 0) is 6.42 Å². The highest BCUT2D eigenvalue weighted by Gasteiger charge is 2.32. The second kappa shape index (κ2) is 3.53. The number of rotatable bonds is 2. The first-order chi connectivity index (χ1) is 7.03. The lowest BCUT2D eigenvalue weighted by molar-refractivity contribution is 0.136. The molecule has 0 fully saturated rings. The van der Waals surface area contributed by atoms with E-state index in [2.05, 4.69) is 19.9 Å². The van der Waals surface area contributed by atoms with E-state index in [1.807, 2.05) is 19.1 Å². The molecule has 1 atom stereocenters. The van der Waals surface area contributed by atoms with E-state index in [0.717, 1.165) is 17.7 Å². The molecule has 1 N–H and O–H groups in total. The number of para-hydroxylation sites is 1. The molecule has 1 unspecified atom stereocenters. The van der Waals surface area contributed by atoms with Crippen LogP contribution >= 0.6 is 0 Å². The van der Waals surface area contributed by atoms with Crippen molar-refractivity contribution in [3.63, 3.8) is 0 Å². The zero-order chi connectivity index (χ0) is 11.1. The maximum absolute atomic E-state index is 9.19. The summed E-state index contributed by atoms with van der Waals surface area (Å²) in [5.41, 5.74) is 2.28. The van der Waals surface area contributed by atoms with E-state index in [1.165, 1.54) is 5.56 Å². The molecule has 0 aromatic heterocycles. The van der Waals surface area contributed by atoms with Crippen LogP contribution in [0.5, 0.6) is 5.75 Å². The van der Waals surface area contributed by atoms with Gasteiger partial charge < -0.3 is 9.84 Å². The minimum absolute atomic E-state index is 0.104. The standard InChI is InChI=1S/C13H18O2/c1-9(8-14)11-6-4-5-10-7-13(2,3)15-12(10)11/h4-6,9,14H,7-8H2,1-3H3. The Morgan fingerprint density at radius 3 is 2.87 bits per heavy atom. The molecule has 82 valence electrons. The molecule has 0 bridgehead atoms. The summed E-state index contributed by atoms with van der Waals surface area (Å²) in [6, 6.07) is 6.20. The van der Waals surface area contributed by atoms with Crippen molar-refractivity contribution in [2.75, 3.05) is 6.61 Å². The average Bonchev–Trinajstić information content (AvgIpc) is 2.49. The van der Waals surface area contributed by atoms with Gasteiger partial charge in [-0.3, -0.25) is 0 Å². The monoisotopic (exact) mass is 206 g/mol. The number of benzene rings is 1. The van der Waals surface area contributed by atoms with E-state index >= 15 is 0 Å². The average molecular weight is 206 g/mol. The van der Waals surface area contributed by atoms with Crippen molar-refractivity contribution in [2.45, 2.75) is 38.7 Å². The van der Waals surface area contributed by atoms with Crippen LogP contribution < -0.4 is 4.74 Å². The molecule has 2 rings (SSSR count). The molecule has 15 heavy (non-hydrogen) atoms. The lowest BCUT2D eigenvalue weighted by Crippen LogP contribution is -2.25. The highest BCUT2D eigenvalue weighted by atomic mass is 16.5. The van der Waals surface area contributed by atoms with Gasteiger partial charge in [0.1, 0.15) is 11.4 Å². The van der Waals surface area contributed by atoms with Gasteiger partial charge in [-0.05, 0) is 25.0 Å². The van der Waals surface area contributed by atoms with Crippen LogP contribution in [0.2, 0.25) is 0 Å². The van der Waals surface area contributed by atoms with Crippen molar-refractivity contribution < 1.29 is 9.84 Å². The van der Waals surface area contributed by atoms with Crippen molar-refractivity contribution in [2.24, 2.45) is 0 Å². The Bertz CT molecular complexity index is 369. The Hall–Kier alpha value is -1.02. The first kappa shape index (κ1) is 10.5. The molecular formula is C13H18O2. The normalized spacial score (nSPS) is 19.5. The molecule has 0 spiro atoms. The Morgan fingerprint density at radius 1 is 1.47 bits per heavy atom. The minimum Gasteiger partial charge on any atom is -0.487 e. The lowest BCUT2D eigenvalue weighted by Gasteiger charge is -2.19. The van der Waals surface area contributed by atoms with Gasteiger partial charge in [0, 0.05) is 18.9 Å². The summed E-state index contributed by atoms with van der Waals surface area (Å²) in [5.74, 6) is 1.14. The molecule has 0 saturated carbocycles. The van der Waals surface area contributed by atoms with Gasteiger partial charge >= 0.3 is 0 Å². The number of hydrogen-bond acceptors (Lipinski definition) is 2. The van der Waals surface area contributed by atoms with Crippen LogP contribution in [0, 0.1) is 0 Å². The Morgan fingerprint density at radius 2 is 2.20 bits per heavy atom. The fourth-order valence-corrected chi connectivity index (χ4v) is 2.13. The number of ether oxygens (including phenoxy) is 1. The summed E-state index contributed by atoms with van der Waals surface area (Å²) in [5, 5.41) is 9.19. The Kier molecular flexibility index (Phi) is 2.47. The highest BCUT2D eigenvalue weighted by Crippen LogP contribution is 2.40. The van der Waals surface area contributed by atoms with Crippen LogP contribution in [-0.4, -0.2) is 17.3 Å². The molecule has 1 aromatic carbocycles. The minimum atomic E-state index is -0.104. The summed E-state index contributed by atoms with van der Waals surface area (Å²) < 4.78 is 5.94. The smallest absolute Gasteiger partial charge is 0.127 e. The SMILES string of the molecule is CC(CO)c1cccc2c1OC(C)(C)C2. The molecule has 2 heteroatoms. The summed E-state index contributed by atoms with van der Waals surface area (Å²) in [7, 11) is 0. The number of fused-ring (bicyclic) bond motifs is 1. The fraction of sp³-hybridized carbons (Fsp3) is 0.538. The number of aliphatic hydroxyl groups is 1. The van der Waals surface area contributed by atoms with Crippen molar-refractivity contribution in [3.8, 4) is 5.75 Å². The third kappa shape index (κ3) is 1.86. The van der Waals surface area contributed by atoms with Crippen LogP contribution in [0.3, 0.4) is 0 Å². The molecule has 0 saturated heterocycles. The molecule has 1 aliphatic heterocycles. The van der Waals surface area contributed by atoms with Gasteiger partial charge in [0.25, 0.3) is 0 Å². The summed E-state index contributed by atoms with van der Waals surface area (Å²) in [6.07, 6.45) is 0.953. The molecule has 2 nitrogen and oxygen atoms in total. The maximum atomic E-state index is 9.19. The first-order valence-electron chi connectivity index (χ1n) is 5.45. The summed E-state index contributed by atoms with van der Waals surface area (Å²) >= 11 is 0. The van der Waals surface area contributed by atoms with Gasteiger partial charge in [0.15, 0.2) is 0 Å². The largest absolute Gasteiger partial charge is 0.487 e. The fourth-order valence-electron chi connectivity index (χ4n) is 2.13. The highest BCUT2D eigenvalue weighted by molar-refractivity contribution is 5.47. The van der Waals surface area contributed by atoms with E-state index < -0.39 is 0 Å². The first-order valence-corrected chi connectivity index (χ1v) is 5.45. The van der Waals surface area contributed by atoms with Gasteiger partial charge in [0.2, 0.25) is 0 Å². The van der Waals surface area contributed by atoms with Crippen LogP contribution in [0.1, 0.15) is 37.8 Å². The Balaban J connectivity index is 2.41. The van der Waals surface area contributed by atoms with E-state index in [9.17, 15) is 5.11 Å². The molecule has 1 heterocycles. The van der Waals surface area contributed by atoms with Crippen LogP contribution in [0.25, 0.3) is 0 Å². The molecule has 0 amide bonds. The van der Waals surface area contributed by atoms with Crippen molar-refractivity contribution in [1.29, 1.82) is 0 Å². The van der Waals surface area contributed by atoms with E-state index in [4.69, 9.17) is 4.74 Å². The predicted molar refractivity (Wildman–Crippen MR) is 60.4 cm³/mol. The van der Waals surface area contributed by atoms with Gasteiger partial charge in [0.05, 0.1) is 0 Å². The molecule has 1 aliphatic rings. The van der Waals surface area contributed by atoms with Crippen molar-refractivity contribution >= 4 is 0 Å². The topological polar surface area (TPSA) is 29.5 Å². The predicted octanol–water partition coefficient (Wildman–Crippen LogP) is 2.50. The van der Waals surface area contributed by atoms with Gasteiger partial charge in [-0.15, -0.1) is 0 Å². The molecule has 0 aliphatic carbocycles. The molecule has 0 radical (unpaired) electrons. The maximum Gasteiger partial charge on any atom is 0.127 e. The van der Waals surface area contributed by atoms with E-state index in [-0.39, 0.29) is 18.1 Å².